The molecule has 1 aromatic heterocycles. The van der Waals surface area contributed by atoms with Crippen LogP contribution < -0.4 is 10.1 Å². The summed E-state index contributed by atoms with van der Waals surface area (Å²) in [6, 6.07) is -0.418. The molecular weight excluding hydrogens is 271 g/mol. The maximum Gasteiger partial charge on any atom is 0.407 e. The highest BCUT2D eigenvalue weighted by molar-refractivity contribution is 5.68. The molecule has 0 aromatic carbocycles. The lowest BCUT2D eigenvalue weighted by Gasteiger charge is -2.21. The molecule has 0 aliphatic heterocycles. The van der Waals surface area contributed by atoms with Crippen molar-refractivity contribution in [2.24, 2.45) is 0 Å². The number of aromatic nitrogens is 1. The molecule has 114 valence electrons. The molecule has 1 atom stereocenters. The van der Waals surface area contributed by atoms with Crippen LogP contribution in [0.1, 0.15) is 33.5 Å². The first-order chi connectivity index (χ1) is 9.23. The van der Waals surface area contributed by atoms with Gasteiger partial charge in [-0.15, -0.1) is 0 Å². The summed E-state index contributed by atoms with van der Waals surface area (Å²) in [5, 5.41) is 14.6. The van der Waals surface area contributed by atoms with E-state index in [0.717, 1.165) is 0 Å². The highest BCUT2D eigenvalue weighted by Gasteiger charge is 2.20. The number of halogens is 1. The predicted molar refractivity (Wildman–Crippen MR) is 66.7 cm³/mol. The SMILES string of the molecule is C[C@@H](COc1noc(CO)c1F)NC(=O)OC(C)(C)C. The summed E-state index contributed by atoms with van der Waals surface area (Å²) in [5.74, 6) is -1.50. The number of ether oxygens (including phenoxy) is 2. The van der Waals surface area contributed by atoms with Gasteiger partial charge in [0.25, 0.3) is 5.88 Å². The van der Waals surface area contributed by atoms with Crippen molar-refractivity contribution in [1.82, 2.24) is 10.5 Å². The van der Waals surface area contributed by atoms with Gasteiger partial charge < -0.3 is 24.4 Å². The van der Waals surface area contributed by atoms with Crippen LogP contribution in [0.5, 0.6) is 5.88 Å². The Morgan fingerprint density at radius 3 is 2.70 bits per heavy atom. The Morgan fingerprint density at radius 1 is 1.55 bits per heavy atom. The van der Waals surface area contributed by atoms with Crippen LogP contribution in [0.25, 0.3) is 0 Å². The summed E-state index contributed by atoms with van der Waals surface area (Å²) in [7, 11) is 0. The number of amides is 1. The van der Waals surface area contributed by atoms with E-state index in [-0.39, 0.29) is 18.2 Å². The maximum atomic E-state index is 13.4. The quantitative estimate of drug-likeness (QED) is 0.855. The fourth-order valence-electron chi connectivity index (χ4n) is 1.24. The summed E-state index contributed by atoms with van der Waals surface area (Å²) in [6.07, 6.45) is -0.592. The van der Waals surface area contributed by atoms with Gasteiger partial charge in [-0.25, -0.2) is 4.79 Å². The molecule has 8 heteroatoms. The number of rotatable bonds is 5. The monoisotopic (exact) mass is 290 g/mol. The molecule has 2 N–H and O–H groups in total. The van der Waals surface area contributed by atoms with Crippen molar-refractivity contribution in [3.8, 4) is 5.88 Å². The summed E-state index contributed by atoms with van der Waals surface area (Å²) >= 11 is 0. The van der Waals surface area contributed by atoms with Crippen molar-refractivity contribution in [3.63, 3.8) is 0 Å². The number of carbonyl (C=O) groups is 1. The fraction of sp³-hybridized carbons (Fsp3) is 0.667. The van der Waals surface area contributed by atoms with E-state index >= 15 is 0 Å². The van der Waals surface area contributed by atoms with Crippen LogP contribution in [0.4, 0.5) is 9.18 Å². The number of nitrogens with zero attached hydrogens (tertiary/aromatic N) is 1. The number of hydrogen-bond acceptors (Lipinski definition) is 6. The molecule has 0 aliphatic rings. The third kappa shape index (κ3) is 5.04. The Balaban J connectivity index is 2.41. The molecular formula is C12H19FN2O5. The zero-order chi connectivity index (χ0) is 15.3. The topological polar surface area (TPSA) is 93.8 Å². The van der Waals surface area contributed by atoms with Crippen molar-refractivity contribution >= 4 is 6.09 Å². The van der Waals surface area contributed by atoms with Crippen molar-refractivity contribution in [3.05, 3.63) is 11.6 Å². The molecule has 0 spiro atoms. The Bertz CT molecular complexity index is 455. The van der Waals surface area contributed by atoms with E-state index in [0.29, 0.717) is 0 Å². The Labute approximate surface area is 116 Å². The van der Waals surface area contributed by atoms with Crippen LogP contribution in [0, 0.1) is 5.82 Å². The molecule has 20 heavy (non-hydrogen) atoms. The van der Waals surface area contributed by atoms with E-state index in [1.807, 2.05) is 0 Å². The van der Waals surface area contributed by atoms with Gasteiger partial charge >= 0.3 is 6.09 Å². The number of alkyl carbamates (subject to hydrolysis) is 1. The number of aliphatic hydroxyl groups excluding tert-OH is 1. The van der Waals surface area contributed by atoms with Crippen LogP contribution in [-0.4, -0.2) is 34.6 Å². The van der Waals surface area contributed by atoms with Gasteiger partial charge in [0.05, 0.1) is 6.04 Å². The zero-order valence-corrected chi connectivity index (χ0v) is 11.9. The smallest absolute Gasteiger partial charge is 0.407 e. The first-order valence-corrected chi connectivity index (χ1v) is 6.10. The van der Waals surface area contributed by atoms with Crippen LogP contribution >= 0.6 is 0 Å². The molecule has 0 radical (unpaired) electrons. The van der Waals surface area contributed by atoms with Gasteiger partial charge in [0.15, 0.2) is 0 Å². The van der Waals surface area contributed by atoms with Crippen molar-refractivity contribution in [2.45, 2.75) is 45.9 Å². The highest BCUT2D eigenvalue weighted by atomic mass is 19.1. The molecule has 0 saturated carbocycles. The van der Waals surface area contributed by atoms with Gasteiger partial charge in [-0.2, -0.15) is 4.39 Å². The summed E-state index contributed by atoms with van der Waals surface area (Å²) in [4.78, 5) is 11.5. The first kappa shape index (κ1) is 16.2. The minimum absolute atomic E-state index is 0.0203. The lowest BCUT2D eigenvalue weighted by molar-refractivity contribution is 0.0492. The van der Waals surface area contributed by atoms with E-state index < -0.39 is 30.2 Å². The van der Waals surface area contributed by atoms with Crippen molar-refractivity contribution in [1.29, 1.82) is 0 Å². The van der Waals surface area contributed by atoms with E-state index in [4.69, 9.17) is 14.6 Å². The maximum absolute atomic E-state index is 13.4. The molecule has 0 saturated heterocycles. The second-order valence-electron chi connectivity index (χ2n) is 5.24. The van der Waals surface area contributed by atoms with Gasteiger partial charge in [-0.1, -0.05) is 0 Å². The lowest BCUT2D eigenvalue weighted by Crippen LogP contribution is -2.40. The molecule has 0 unspecified atom stereocenters. The average molecular weight is 290 g/mol. The van der Waals surface area contributed by atoms with Crippen LogP contribution in [0.3, 0.4) is 0 Å². The minimum Gasteiger partial charge on any atom is -0.471 e. The summed E-state index contributed by atoms with van der Waals surface area (Å²) in [6.45, 7) is 6.27. The van der Waals surface area contributed by atoms with Gasteiger partial charge in [-0.3, -0.25) is 0 Å². The van der Waals surface area contributed by atoms with E-state index in [1.165, 1.54) is 0 Å². The highest BCUT2D eigenvalue weighted by Crippen LogP contribution is 2.19. The fourth-order valence-corrected chi connectivity index (χ4v) is 1.24. The standard InChI is InChI=1S/C12H19FN2O5/c1-7(14-11(17)19-12(2,3)4)6-18-10-9(13)8(5-16)20-15-10/h7,16H,5-6H2,1-4H3,(H,14,17)/t7-/m0/s1. The average Bonchev–Trinajstić information content (AvgIpc) is 2.64. The Hall–Kier alpha value is -1.83. The van der Waals surface area contributed by atoms with Crippen molar-refractivity contribution in [2.75, 3.05) is 6.61 Å². The largest absolute Gasteiger partial charge is 0.471 e. The number of hydrogen-bond donors (Lipinski definition) is 2. The van der Waals surface area contributed by atoms with E-state index in [9.17, 15) is 9.18 Å². The normalized spacial score (nSPS) is 12.9. The Kier molecular flexibility index (Phi) is 5.32. The van der Waals surface area contributed by atoms with Gasteiger partial charge in [0, 0.05) is 0 Å². The molecule has 0 fully saturated rings. The number of nitrogens with one attached hydrogen (secondary N) is 1. The summed E-state index contributed by atoms with van der Waals surface area (Å²) < 4.78 is 28.0. The van der Waals surface area contributed by atoms with Crippen LogP contribution in [0.2, 0.25) is 0 Å². The molecule has 0 aliphatic carbocycles. The molecule has 1 aromatic rings. The minimum atomic E-state index is -0.850. The molecule has 1 rings (SSSR count). The molecule has 0 bridgehead atoms. The summed E-state index contributed by atoms with van der Waals surface area (Å²) in [5.41, 5.74) is -0.598. The lowest BCUT2D eigenvalue weighted by atomic mass is 10.2. The van der Waals surface area contributed by atoms with Crippen LogP contribution in [-0.2, 0) is 11.3 Å². The zero-order valence-electron chi connectivity index (χ0n) is 11.9. The first-order valence-electron chi connectivity index (χ1n) is 6.10. The van der Waals surface area contributed by atoms with E-state index in [1.54, 1.807) is 27.7 Å². The molecule has 7 nitrogen and oxygen atoms in total. The predicted octanol–water partition coefficient (Wildman–Crippen LogP) is 1.60. The third-order valence-corrected chi connectivity index (χ3v) is 2.05. The second kappa shape index (κ2) is 6.56. The van der Waals surface area contributed by atoms with E-state index in [2.05, 4.69) is 15.0 Å². The van der Waals surface area contributed by atoms with Gasteiger partial charge in [-0.05, 0) is 32.9 Å². The third-order valence-electron chi connectivity index (χ3n) is 2.05. The van der Waals surface area contributed by atoms with Crippen LogP contribution in [0.15, 0.2) is 4.52 Å². The molecule has 1 heterocycles. The van der Waals surface area contributed by atoms with Gasteiger partial charge in [0.2, 0.25) is 11.6 Å². The van der Waals surface area contributed by atoms with Crippen molar-refractivity contribution < 1.29 is 28.3 Å². The number of aliphatic hydroxyl groups is 1. The Morgan fingerprint density at radius 2 is 2.20 bits per heavy atom. The molecule has 1 amide bonds. The number of carbonyl (C=O) groups excluding carboxylic acids is 1. The van der Waals surface area contributed by atoms with Gasteiger partial charge in [0.1, 0.15) is 18.8 Å². The second-order valence-corrected chi connectivity index (χ2v) is 5.24.